The van der Waals surface area contributed by atoms with Gasteiger partial charge in [0.15, 0.2) is 6.61 Å². The van der Waals surface area contributed by atoms with Crippen LogP contribution in [-0.2, 0) is 22.4 Å². The number of fused-ring (bicyclic) bond motifs is 1. The molecular weight excluding hydrogens is 304 g/mol. The SMILES string of the molecule is CCNC(=O)NC(=O)COC(=O)c1cc2c(s1)CCCCC2. The molecule has 0 fully saturated rings. The van der Waals surface area contributed by atoms with Gasteiger partial charge in [-0.05, 0) is 44.2 Å². The van der Waals surface area contributed by atoms with Crippen LogP contribution in [-0.4, -0.2) is 31.1 Å². The molecule has 0 radical (unpaired) electrons. The lowest BCUT2D eigenvalue weighted by atomic mass is 10.1. The molecule has 0 bridgehead atoms. The predicted molar refractivity (Wildman–Crippen MR) is 83.1 cm³/mol. The first kappa shape index (κ1) is 16.5. The Bertz CT molecular complexity index is 544. The van der Waals surface area contributed by atoms with Crippen molar-refractivity contribution in [3.8, 4) is 0 Å². The number of rotatable bonds is 4. The molecule has 120 valence electrons. The van der Waals surface area contributed by atoms with E-state index in [0.717, 1.165) is 25.7 Å². The molecule has 7 heteroatoms. The second kappa shape index (κ2) is 7.93. The van der Waals surface area contributed by atoms with Crippen molar-refractivity contribution in [1.29, 1.82) is 0 Å². The van der Waals surface area contributed by atoms with E-state index >= 15 is 0 Å². The second-order valence-corrected chi connectivity index (χ2v) is 6.24. The van der Waals surface area contributed by atoms with Gasteiger partial charge in [-0.2, -0.15) is 0 Å². The van der Waals surface area contributed by atoms with Crippen molar-refractivity contribution in [1.82, 2.24) is 10.6 Å². The number of aryl methyl sites for hydroxylation is 2. The van der Waals surface area contributed by atoms with E-state index in [9.17, 15) is 14.4 Å². The monoisotopic (exact) mass is 324 g/mol. The highest BCUT2D eigenvalue weighted by atomic mass is 32.1. The Balaban J connectivity index is 1.85. The predicted octanol–water partition coefficient (Wildman–Crippen LogP) is 2.02. The zero-order valence-electron chi connectivity index (χ0n) is 12.6. The lowest BCUT2D eigenvalue weighted by molar-refractivity contribution is -0.123. The van der Waals surface area contributed by atoms with E-state index in [4.69, 9.17) is 4.74 Å². The first-order valence-corrected chi connectivity index (χ1v) is 8.28. The third-order valence-corrected chi connectivity index (χ3v) is 4.59. The summed E-state index contributed by atoms with van der Waals surface area (Å²) in [5.74, 6) is -1.15. The fraction of sp³-hybridized carbons (Fsp3) is 0.533. The number of nitrogens with one attached hydrogen (secondary N) is 2. The highest BCUT2D eigenvalue weighted by Crippen LogP contribution is 2.29. The summed E-state index contributed by atoms with van der Waals surface area (Å²) in [6.45, 7) is 1.70. The van der Waals surface area contributed by atoms with Crippen molar-refractivity contribution in [2.45, 2.75) is 39.0 Å². The standard InChI is InChI=1S/C15H20N2O4S/c1-2-16-15(20)17-13(18)9-21-14(19)12-8-10-6-4-3-5-7-11(10)22-12/h8H,2-7,9H2,1H3,(H2,16,17,18,20). The van der Waals surface area contributed by atoms with Gasteiger partial charge in [0.05, 0.1) is 0 Å². The fourth-order valence-electron chi connectivity index (χ4n) is 2.34. The molecule has 0 saturated carbocycles. The van der Waals surface area contributed by atoms with Gasteiger partial charge < -0.3 is 10.1 Å². The summed E-state index contributed by atoms with van der Waals surface area (Å²) in [4.78, 5) is 36.4. The lowest BCUT2D eigenvalue weighted by Gasteiger charge is -2.05. The Kier molecular flexibility index (Phi) is 5.94. The average molecular weight is 324 g/mol. The minimum Gasteiger partial charge on any atom is -0.451 e. The lowest BCUT2D eigenvalue weighted by Crippen LogP contribution is -2.41. The maximum atomic E-state index is 12.0. The van der Waals surface area contributed by atoms with Gasteiger partial charge in [0, 0.05) is 11.4 Å². The molecule has 3 amide bonds. The van der Waals surface area contributed by atoms with Crippen molar-refractivity contribution in [2.75, 3.05) is 13.2 Å². The number of amides is 3. The molecule has 1 aromatic heterocycles. The van der Waals surface area contributed by atoms with E-state index in [0.29, 0.717) is 11.4 Å². The molecule has 1 aliphatic carbocycles. The molecule has 0 aromatic carbocycles. The Labute approximate surface area is 133 Å². The molecule has 0 atom stereocenters. The van der Waals surface area contributed by atoms with Crippen molar-refractivity contribution < 1.29 is 19.1 Å². The Morgan fingerprint density at radius 1 is 1.23 bits per heavy atom. The van der Waals surface area contributed by atoms with Crippen LogP contribution in [0.25, 0.3) is 0 Å². The van der Waals surface area contributed by atoms with Crippen molar-refractivity contribution in [3.05, 3.63) is 21.4 Å². The molecule has 22 heavy (non-hydrogen) atoms. The third kappa shape index (κ3) is 4.56. The molecule has 1 aliphatic rings. The Hall–Kier alpha value is -1.89. The normalized spacial score (nSPS) is 13.7. The molecule has 6 nitrogen and oxygen atoms in total. The highest BCUT2D eigenvalue weighted by molar-refractivity contribution is 7.14. The molecule has 0 aliphatic heterocycles. The third-order valence-electron chi connectivity index (χ3n) is 3.37. The van der Waals surface area contributed by atoms with Gasteiger partial charge in [-0.1, -0.05) is 6.42 Å². The quantitative estimate of drug-likeness (QED) is 0.655. The highest BCUT2D eigenvalue weighted by Gasteiger charge is 2.18. The van der Waals surface area contributed by atoms with E-state index in [1.54, 1.807) is 6.92 Å². The number of thiophene rings is 1. The van der Waals surface area contributed by atoms with Crippen LogP contribution in [0.15, 0.2) is 6.07 Å². The van der Waals surface area contributed by atoms with E-state index < -0.39 is 24.5 Å². The van der Waals surface area contributed by atoms with Crippen LogP contribution in [0, 0.1) is 0 Å². The van der Waals surface area contributed by atoms with Gasteiger partial charge in [-0.15, -0.1) is 11.3 Å². The van der Waals surface area contributed by atoms with E-state index in [1.165, 1.54) is 28.2 Å². The molecule has 2 rings (SSSR count). The number of ether oxygens (including phenoxy) is 1. The number of carbonyl (C=O) groups excluding carboxylic acids is 3. The summed E-state index contributed by atoms with van der Waals surface area (Å²) in [5.41, 5.74) is 1.22. The van der Waals surface area contributed by atoms with Crippen LogP contribution in [0.4, 0.5) is 4.79 Å². The smallest absolute Gasteiger partial charge is 0.348 e. The fourth-order valence-corrected chi connectivity index (χ4v) is 3.49. The van der Waals surface area contributed by atoms with Crippen molar-refractivity contribution >= 4 is 29.2 Å². The number of hydrogen-bond donors (Lipinski definition) is 2. The van der Waals surface area contributed by atoms with E-state index in [2.05, 4.69) is 10.6 Å². The Morgan fingerprint density at radius 3 is 2.77 bits per heavy atom. The van der Waals surface area contributed by atoms with Crippen molar-refractivity contribution in [3.63, 3.8) is 0 Å². The van der Waals surface area contributed by atoms with Crippen LogP contribution in [0.3, 0.4) is 0 Å². The van der Waals surface area contributed by atoms with Gasteiger partial charge in [0.25, 0.3) is 5.91 Å². The topological polar surface area (TPSA) is 84.5 Å². The van der Waals surface area contributed by atoms with E-state index in [1.807, 2.05) is 6.07 Å². The summed E-state index contributed by atoms with van der Waals surface area (Å²) in [7, 11) is 0. The minimum atomic E-state index is -0.641. The molecule has 0 spiro atoms. The number of hydrogen-bond acceptors (Lipinski definition) is 5. The van der Waals surface area contributed by atoms with Crippen LogP contribution in [0.5, 0.6) is 0 Å². The number of imide groups is 1. The zero-order chi connectivity index (χ0) is 15.9. The first-order chi connectivity index (χ1) is 10.6. The van der Waals surface area contributed by atoms with Crippen LogP contribution < -0.4 is 10.6 Å². The van der Waals surface area contributed by atoms with Gasteiger partial charge in [-0.3, -0.25) is 10.1 Å². The largest absolute Gasteiger partial charge is 0.451 e. The summed E-state index contributed by atoms with van der Waals surface area (Å²) >= 11 is 1.44. The summed E-state index contributed by atoms with van der Waals surface area (Å²) in [6.07, 6.45) is 5.52. The van der Waals surface area contributed by atoms with E-state index in [-0.39, 0.29) is 0 Å². The number of esters is 1. The first-order valence-electron chi connectivity index (χ1n) is 7.46. The van der Waals surface area contributed by atoms with Crippen LogP contribution >= 0.6 is 11.3 Å². The van der Waals surface area contributed by atoms with Crippen molar-refractivity contribution in [2.24, 2.45) is 0 Å². The summed E-state index contributed by atoms with van der Waals surface area (Å²) in [5, 5.41) is 4.51. The maximum absolute atomic E-state index is 12.0. The van der Waals surface area contributed by atoms with Gasteiger partial charge in [-0.25, -0.2) is 9.59 Å². The van der Waals surface area contributed by atoms with Gasteiger partial charge in [0.1, 0.15) is 4.88 Å². The van der Waals surface area contributed by atoms with Gasteiger partial charge in [0.2, 0.25) is 0 Å². The molecular formula is C15H20N2O4S. The van der Waals surface area contributed by atoms with Crippen LogP contribution in [0.2, 0.25) is 0 Å². The van der Waals surface area contributed by atoms with Crippen LogP contribution in [0.1, 0.15) is 46.3 Å². The number of carbonyl (C=O) groups is 3. The molecule has 2 N–H and O–H groups in total. The summed E-state index contributed by atoms with van der Waals surface area (Å²) < 4.78 is 4.96. The maximum Gasteiger partial charge on any atom is 0.348 e. The van der Waals surface area contributed by atoms with Gasteiger partial charge >= 0.3 is 12.0 Å². The minimum absolute atomic E-state index is 0.416. The molecule has 1 aromatic rings. The molecule has 0 saturated heterocycles. The zero-order valence-corrected chi connectivity index (χ0v) is 13.4. The summed E-state index contributed by atoms with van der Waals surface area (Å²) in [6, 6.07) is 1.28. The molecule has 1 heterocycles. The Morgan fingerprint density at radius 2 is 2.00 bits per heavy atom. The average Bonchev–Trinajstić information content (AvgIpc) is 2.76. The number of urea groups is 1. The second-order valence-electron chi connectivity index (χ2n) is 5.10. The molecule has 0 unspecified atom stereocenters.